The summed E-state index contributed by atoms with van der Waals surface area (Å²) in [5.74, 6) is -0.907. The van der Waals surface area contributed by atoms with Gasteiger partial charge in [-0.25, -0.2) is 19.2 Å². The van der Waals surface area contributed by atoms with Gasteiger partial charge in [-0.15, -0.1) is 0 Å². The van der Waals surface area contributed by atoms with E-state index in [-0.39, 0.29) is 29.3 Å². The molecule has 0 bridgehead atoms. The SMILES string of the molecule is O=C1C2CC(c3ccc(F)cc3)NN2C=NN1Cc1ccc(F)cc1Cl. The van der Waals surface area contributed by atoms with Gasteiger partial charge >= 0.3 is 0 Å². The zero-order valence-corrected chi connectivity index (χ0v) is 14.3. The molecule has 0 aliphatic carbocycles. The number of carbonyl (C=O) groups is 1. The zero-order chi connectivity index (χ0) is 18.3. The summed E-state index contributed by atoms with van der Waals surface area (Å²) in [4.78, 5) is 12.8. The highest BCUT2D eigenvalue weighted by molar-refractivity contribution is 6.31. The van der Waals surface area contributed by atoms with E-state index in [1.54, 1.807) is 29.5 Å². The summed E-state index contributed by atoms with van der Waals surface area (Å²) in [6, 6.07) is 9.72. The van der Waals surface area contributed by atoms with E-state index in [9.17, 15) is 13.6 Å². The molecule has 2 aliphatic rings. The minimum absolute atomic E-state index is 0.106. The lowest BCUT2D eigenvalue weighted by molar-refractivity contribution is -0.137. The van der Waals surface area contributed by atoms with Crippen LogP contribution in [0.25, 0.3) is 0 Å². The van der Waals surface area contributed by atoms with Crippen molar-refractivity contribution in [2.24, 2.45) is 5.10 Å². The molecule has 1 saturated heterocycles. The van der Waals surface area contributed by atoms with E-state index in [0.717, 1.165) is 5.56 Å². The molecule has 1 N–H and O–H groups in total. The predicted octanol–water partition coefficient (Wildman–Crippen LogP) is 3.22. The first-order chi connectivity index (χ1) is 12.5. The summed E-state index contributed by atoms with van der Waals surface area (Å²) in [5, 5.41) is 7.41. The van der Waals surface area contributed by atoms with Gasteiger partial charge in [-0.3, -0.25) is 9.80 Å². The first-order valence-corrected chi connectivity index (χ1v) is 8.48. The van der Waals surface area contributed by atoms with E-state index in [1.165, 1.54) is 29.3 Å². The second-order valence-corrected chi connectivity index (χ2v) is 6.66. The normalized spacial score (nSPS) is 22.0. The molecule has 1 amide bonds. The third kappa shape index (κ3) is 3.15. The molecule has 2 heterocycles. The van der Waals surface area contributed by atoms with E-state index in [2.05, 4.69) is 10.5 Å². The van der Waals surface area contributed by atoms with Gasteiger partial charge < -0.3 is 0 Å². The Labute approximate surface area is 153 Å². The minimum Gasteiger partial charge on any atom is -0.283 e. The van der Waals surface area contributed by atoms with Crippen LogP contribution in [0.3, 0.4) is 0 Å². The number of carbonyl (C=O) groups excluding carboxylic acids is 1. The highest BCUT2D eigenvalue weighted by atomic mass is 35.5. The van der Waals surface area contributed by atoms with Gasteiger partial charge in [0.25, 0.3) is 5.91 Å². The van der Waals surface area contributed by atoms with E-state index in [0.29, 0.717) is 12.0 Å². The Morgan fingerprint density at radius 3 is 2.62 bits per heavy atom. The van der Waals surface area contributed by atoms with Crippen LogP contribution >= 0.6 is 11.6 Å². The van der Waals surface area contributed by atoms with E-state index in [1.807, 2.05) is 0 Å². The topological polar surface area (TPSA) is 47.9 Å². The smallest absolute Gasteiger partial charge is 0.267 e. The number of nitrogens with zero attached hydrogens (tertiary/aromatic N) is 3. The van der Waals surface area contributed by atoms with Crippen LogP contribution in [0.1, 0.15) is 23.6 Å². The van der Waals surface area contributed by atoms with Crippen LogP contribution in [0.5, 0.6) is 0 Å². The van der Waals surface area contributed by atoms with E-state index in [4.69, 9.17) is 11.6 Å². The Morgan fingerprint density at radius 1 is 1.15 bits per heavy atom. The van der Waals surface area contributed by atoms with Crippen molar-refractivity contribution in [1.82, 2.24) is 15.4 Å². The number of rotatable bonds is 3. The summed E-state index contributed by atoms with van der Waals surface area (Å²) in [7, 11) is 0. The predicted molar refractivity (Wildman–Crippen MR) is 93.0 cm³/mol. The highest BCUT2D eigenvalue weighted by Gasteiger charge is 2.41. The molecule has 2 aliphatic heterocycles. The molecule has 5 nitrogen and oxygen atoms in total. The van der Waals surface area contributed by atoms with Crippen molar-refractivity contribution in [2.75, 3.05) is 0 Å². The Bertz CT molecular complexity index is 874. The van der Waals surface area contributed by atoms with Crippen LogP contribution < -0.4 is 5.43 Å². The molecule has 0 spiro atoms. The maximum Gasteiger partial charge on any atom is 0.267 e. The monoisotopic (exact) mass is 376 g/mol. The molecular weight excluding hydrogens is 362 g/mol. The van der Waals surface area contributed by atoms with Crippen LogP contribution in [0, 0.1) is 11.6 Å². The standard InChI is InChI=1S/C18H15ClF2N4O/c19-15-7-14(21)6-3-12(15)9-24-18(26)17-8-16(23-25(17)10-22-24)11-1-4-13(20)5-2-11/h1-7,10,16-17,23H,8-9H2. The average molecular weight is 377 g/mol. The summed E-state index contributed by atoms with van der Waals surface area (Å²) >= 11 is 6.04. The van der Waals surface area contributed by atoms with Crippen LogP contribution in [0.4, 0.5) is 8.78 Å². The van der Waals surface area contributed by atoms with Crippen LogP contribution in [-0.2, 0) is 11.3 Å². The lowest BCUT2D eigenvalue weighted by Gasteiger charge is -2.30. The van der Waals surface area contributed by atoms with Crippen molar-refractivity contribution < 1.29 is 13.6 Å². The fourth-order valence-corrected chi connectivity index (χ4v) is 3.40. The maximum atomic E-state index is 13.2. The lowest BCUT2D eigenvalue weighted by atomic mass is 10.0. The Kier molecular flexibility index (Phi) is 4.34. The molecule has 4 rings (SSSR count). The number of benzene rings is 2. The van der Waals surface area contributed by atoms with Gasteiger partial charge in [0.2, 0.25) is 0 Å². The fourth-order valence-electron chi connectivity index (χ4n) is 3.18. The first-order valence-electron chi connectivity index (χ1n) is 8.10. The number of hydrazine groups is 1. The van der Waals surface area contributed by atoms with Crippen molar-refractivity contribution in [2.45, 2.75) is 25.0 Å². The fraction of sp³-hybridized carbons (Fsp3) is 0.222. The molecular formula is C18H15ClF2N4O. The number of amides is 1. The zero-order valence-electron chi connectivity index (χ0n) is 13.6. The van der Waals surface area contributed by atoms with Crippen molar-refractivity contribution >= 4 is 23.8 Å². The molecule has 0 aromatic heterocycles. The summed E-state index contributed by atoms with van der Waals surface area (Å²) < 4.78 is 26.3. The molecule has 134 valence electrons. The highest BCUT2D eigenvalue weighted by Crippen LogP contribution is 2.30. The van der Waals surface area contributed by atoms with Crippen molar-refractivity contribution in [3.8, 4) is 0 Å². The Morgan fingerprint density at radius 2 is 1.88 bits per heavy atom. The second-order valence-electron chi connectivity index (χ2n) is 6.25. The molecule has 2 atom stereocenters. The number of halogens is 3. The van der Waals surface area contributed by atoms with Gasteiger partial charge in [0.1, 0.15) is 24.0 Å². The van der Waals surface area contributed by atoms with E-state index < -0.39 is 11.9 Å². The molecule has 26 heavy (non-hydrogen) atoms. The molecule has 2 aromatic rings. The van der Waals surface area contributed by atoms with Crippen LogP contribution in [0.2, 0.25) is 5.02 Å². The molecule has 2 aromatic carbocycles. The maximum absolute atomic E-state index is 13.2. The quantitative estimate of drug-likeness (QED) is 0.894. The van der Waals surface area contributed by atoms with Crippen molar-refractivity contribution in [3.05, 3.63) is 70.2 Å². The number of hydrazone groups is 1. The largest absolute Gasteiger partial charge is 0.283 e. The minimum atomic E-state index is -0.430. The molecule has 8 heteroatoms. The molecule has 0 saturated carbocycles. The third-order valence-corrected chi connectivity index (χ3v) is 4.91. The number of hydrogen-bond acceptors (Lipinski definition) is 4. The lowest BCUT2D eigenvalue weighted by Crippen LogP contribution is -2.50. The molecule has 0 radical (unpaired) electrons. The van der Waals surface area contributed by atoms with Gasteiger partial charge in [-0.2, -0.15) is 5.10 Å². The van der Waals surface area contributed by atoms with E-state index >= 15 is 0 Å². The van der Waals surface area contributed by atoms with Crippen molar-refractivity contribution in [1.29, 1.82) is 0 Å². The number of hydrogen-bond donors (Lipinski definition) is 1. The summed E-state index contributed by atoms with van der Waals surface area (Å²) in [6.45, 7) is 0.167. The molecule has 2 unspecified atom stereocenters. The second kappa shape index (κ2) is 6.66. The summed E-state index contributed by atoms with van der Waals surface area (Å²) in [6.07, 6.45) is 2.08. The van der Waals surface area contributed by atoms with Crippen molar-refractivity contribution in [3.63, 3.8) is 0 Å². The summed E-state index contributed by atoms with van der Waals surface area (Å²) in [5.41, 5.74) is 4.72. The van der Waals surface area contributed by atoms with Gasteiger partial charge in [0.15, 0.2) is 0 Å². The van der Waals surface area contributed by atoms with Gasteiger partial charge in [0.05, 0.1) is 12.6 Å². The average Bonchev–Trinajstić information content (AvgIpc) is 3.05. The molecule has 1 fully saturated rings. The Hall–Kier alpha value is -2.51. The van der Waals surface area contributed by atoms with Gasteiger partial charge in [0, 0.05) is 5.02 Å². The van der Waals surface area contributed by atoms with Crippen LogP contribution in [-0.4, -0.2) is 28.3 Å². The first kappa shape index (κ1) is 16.9. The van der Waals surface area contributed by atoms with Gasteiger partial charge in [-0.05, 0) is 41.8 Å². The van der Waals surface area contributed by atoms with Crippen LogP contribution in [0.15, 0.2) is 47.6 Å². The Balaban J connectivity index is 1.49. The van der Waals surface area contributed by atoms with Gasteiger partial charge in [-0.1, -0.05) is 29.8 Å². The third-order valence-electron chi connectivity index (χ3n) is 4.56. The number of nitrogens with one attached hydrogen (secondary N) is 1. The number of fused-ring (bicyclic) bond motifs is 1.